The van der Waals surface area contributed by atoms with Crippen molar-refractivity contribution >= 4 is 32.9 Å². The van der Waals surface area contributed by atoms with E-state index in [1.165, 1.54) is 13.4 Å². The maximum absolute atomic E-state index is 11.3. The number of methoxy groups -OCH3 is 1. The topological polar surface area (TPSA) is 39.4 Å². The Kier molecular flexibility index (Phi) is 2.29. The fourth-order valence-electron chi connectivity index (χ4n) is 1.29. The maximum atomic E-state index is 11.3. The molecule has 0 aliphatic heterocycles. The van der Waals surface area contributed by atoms with E-state index in [1.807, 2.05) is 18.2 Å². The fourth-order valence-corrected chi connectivity index (χ4v) is 1.75. The minimum absolute atomic E-state index is 0.387. The van der Waals surface area contributed by atoms with Crippen LogP contribution in [0.4, 0.5) is 0 Å². The Morgan fingerprint density at radius 1 is 1.50 bits per heavy atom. The molecule has 0 radical (unpaired) electrons. The summed E-state index contributed by atoms with van der Waals surface area (Å²) in [5.41, 5.74) is 1.11. The van der Waals surface area contributed by atoms with Gasteiger partial charge in [-0.1, -0.05) is 12.1 Å². The largest absolute Gasteiger partial charge is 0.465 e. The van der Waals surface area contributed by atoms with Crippen LogP contribution in [-0.4, -0.2) is 13.1 Å². The predicted octanol–water partition coefficient (Wildman–Crippen LogP) is 2.98. The van der Waals surface area contributed by atoms with Crippen LogP contribution in [0.25, 0.3) is 11.0 Å². The number of carbonyl (C=O) groups is 1. The number of carbonyl (C=O) groups excluding carboxylic acids is 1. The molecule has 0 atom stereocenters. The smallest absolute Gasteiger partial charge is 0.341 e. The molecule has 1 heterocycles. The standard InChI is InChI=1S/C10H7BrO3/c1-13-10(12)7-5-14-9-6(7)3-2-4-8(9)11/h2-5H,1H3. The minimum Gasteiger partial charge on any atom is -0.465 e. The van der Waals surface area contributed by atoms with Gasteiger partial charge in [-0.2, -0.15) is 0 Å². The summed E-state index contributed by atoms with van der Waals surface area (Å²) < 4.78 is 10.7. The molecule has 2 aromatic rings. The third-order valence-electron chi connectivity index (χ3n) is 1.96. The second kappa shape index (κ2) is 3.46. The van der Waals surface area contributed by atoms with Gasteiger partial charge in [0.05, 0.1) is 11.6 Å². The molecular weight excluding hydrogens is 248 g/mol. The van der Waals surface area contributed by atoms with Crippen molar-refractivity contribution in [2.45, 2.75) is 0 Å². The van der Waals surface area contributed by atoms with Gasteiger partial charge in [0.15, 0.2) is 0 Å². The lowest BCUT2D eigenvalue weighted by Crippen LogP contribution is -1.99. The normalized spacial score (nSPS) is 10.4. The van der Waals surface area contributed by atoms with Crippen LogP contribution in [0.5, 0.6) is 0 Å². The van der Waals surface area contributed by atoms with Crippen LogP contribution in [0, 0.1) is 0 Å². The number of ether oxygens (including phenoxy) is 1. The van der Waals surface area contributed by atoms with Crippen LogP contribution in [0.3, 0.4) is 0 Å². The molecule has 0 N–H and O–H groups in total. The van der Waals surface area contributed by atoms with E-state index in [1.54, 1.807) is 0 Å². The van der Waals surface area contributed by atoms with E-state index in [9.17, 15) is 4.79 Å². The first-order chi connectivity index (χ1) is 6.74. The average Bonchev–Trinajstić information content (AvgIpc) is 2.62. The first kappa shape index (κ1) is 9.27. The van der Waals surface area contributed by atoms with Gasteiger partial charge >= 0.3 is 5.97 Å². The number of para-hydroxylation sites is 1. The maximum Gasteiger partial charge on any atom is 0.341 e. The van der Waals surface area contributed by atoms with E-state index in [2.05, 4.69) is 20.7 Å². The molecule has 72 valence electrons. The van der Waals surface area contributed by atoms with Gasteiger partial charge in [0, 0.05) is 5.39 Å². The summed E-state index contributed by atoms with van der Waals surface area (Å²) in [5, 5.41) is 0.756. The van der Waals surface area contributed by atoms with Crippen LogP contribution in [-0.2, 0) is 4.74 Å². The molecule has 0 bridgehead atoms. The zero-order valence-electron chi connectivity index (χ0n) is 7.41. The van der Waals surface area contributed by atoms with Gasteiger partial charge in [-0.05, 0) is 22.0 Å². The van der Waals surface area contributed by atoms with E-state index in [-0.39, 0.29) is 5.97 Å². The van der Waals surface area contributed by atoms with Crippen LogP contribution < -0.4 is 0 Å². The molecule has 2 rings (SSSR count). The zero-order chi connectivity index (χ0) is 10.1. The number of benzene rings is 1. The van der Waals surface area contributed by atoms with E-state index in [0.29, 0.717) is 11.1 Å². The van der Waals surface area contributed by atoms with Crippen molar-refractivity contribution in [1.82, 2.24) is 0 Å². The van der Waals surface area contributed by atoms with Crippen molar-refractivity contribution in [3.8, 4) is 0 Å². The predicted molar refractivity (Wildman–Crippen MR) is 55.3 cm³/mol. The quantitative estimate of drug-likeness (QED) is 0.735. The van der Waals surface area contributed by atoms with Gasteiger partial charge in [-0.15, -0.1) is 0 Å². The monoisotopic (exact) mass is 254 g/mol. The average molecular weight is 255 g/mol. The van der Waals surface area contributed by atoms with Crippen LogP contribution >= 0.6 is 15.9 Å². The van der Waals surface area contributed by atoms with Gasteiger partial charge in [0.25, 0.3) is 0 Å². The highest BCUT2D eigenvalue weighted by Gasteiger charge is 2.14. The molecule has 4 heteroatoms. The molecule has 3 nitrogen and oxygen atoms in total. The number of halogens is 1. The second-order valence-corrected chi connectivity index (χ2v) is 3.61. The zero-order valence-corrected chi connectivity index (χ0v) is 9.00. The SMILES string of the molecule is COC(=O)c1coc2c(Br)cccc12. The molecule has 0 spiro atoms. The Labute approximate surface area is 88.8 Å². The summed E-state index contributed by atoms with van der Waals surface area (Å²) in [6, 6.07) is 5.51. The minimum atomic E-state index is -0.387. The molecule has 0 fully saturated rings. The van der Waals surface area contributed by atoms with Crippen molar-refractivity contribution in [3.63, 3.8) is 0 Å². The van der Waals surface area contributed by atoms with Gasteiger partial charge < -0.3 is 9.15 Å². The number of esters is 1. The Morgan fingerprint density at radius 3 is 3.00 bits per heavy atom. The van der Waals surface area contributed by atoms with Crippen molar-refractivity contribution in [3.05, 3.63) is 34.5 Å². The molecule has 0 saturated heterocycles. The summed E-state index contributed by atoms with van der Waals surface area (Å²) in [6.45, 7) is 0. The summed E-state index contributed by atoms with van der Waals surface area (Å²) in [6.07, 6.45) is 1.40. The fraction of sp³-hybridized carbons (Fsp3) is 0.100. The second-order valence-electron chi connectivity index (χ2n) is 2.76. The van der Waals surface area contributed by atoms with Crippen LogP contribution in [0.2, 0.25) is 0 Å². The Balaban J connectivity index is 2.70. The van der Waals surface area contributed by atoms with E-state index in [4.69, 9.17) is 4.42 Å². The Morgan fingerprint density at radius 2 is 2.29 bits per heavy atom. The lowest BCUT2D eigenvalue weighted by atomic mass is 10.2. The van der Waals surface area contributed by atoms with E-state index >= 15 is 0 Å². The highest BCUT2D eigenvalue weighted by molar-refractivity contribution is 9.10. The Bertz CT molecular complexity index is 487. The molecule has 14 heavy (non-hydrogen) atoms. The molecule has 1 aromatic carbocycles. The van der Waals surface area contributed by atoms with Crippen LogP contribution in [0.15, 0.2) is 33.4 Å². The molecular formula is C10H7BrO3. The molecule has 0 aliphatic rings. The lowest BCUT2D eigenvalue weighted by Gasteiger charge is -1.95. The van der Waals surface area contributed by atoms with Crippen LogP contribution in [0.1, 0.15) is 10.4 Å². The van der Waals surface area contributed by atoms with E-state index < -0.39 is 0 Å². The molecule has 1 aromatic heterocycles. The highest BCUT2D eigenvalue weighted by Crippen LogP contribution is 2.28. The van der Waals surface area contributed by atoms with Gasteiger partial charge in [0.2, 0.25) is 0 Å². The van der Waals surface area contributed by atoms with E-state index in [0.717, 1.165) is 9.86 Å². The van der Waals surface area contributed by atoms with Gasteiger partial charge in [0.1, 0.15) is 17.4 Å². The van der Waals surface area contributed by atoms with Crippen molar-refractivity contribution in [2.24, 2.45) is 0 Å². The summed E-state index contributed by atoms with van der Waals surface area (Å²) >= 11 is 3.34. The third-order valence-corrected chi connectivity index (χ3v) is 2.58. The number of hydrogen-bond donors (Lipinski definition) is 0. The van der Waals surface area contributed by atoms with Crippen molar-refractivity contribution in [1.29, 1.82) is 0 Å². The van der Waals surface area contributed by atoms with Crippen molar-refractivity contribution in [2.75, 3.05) is 7.11 Å². The Hall–Kier alpha value is -1.29. The number of rotatable bonds is 1. The highest BCUT2D eigenvalue weighted by atomic mass is 79.9. The number of fused-ring (bicyclic) bond motifs is 1. The van der Waals surface area contributed by atoms with Gasteiger partial charge in [-0.3, -0.25) is 0 Å². The number of hydrogen-bond acceptors (Lipinski definition) is 3. The third kappa shape index (κ3) is 1.32. The van der Waals surface area contributed by atoms with Gasteiger partial charge in [-0.25, -0.2) is 4.79 Å². The summed E-state index contributed by atoms with van der Waals surface area (Å²) in [7, 11) is 1.35. The molecule has 0 amide bonds. The lowest BCUT2D eigenvalue weighted by molar-refractivity contribution is 0.0602. The van der Waals surface area contributed by atoms with Crippen molar-refractivity contribution < 1.29 is 13.9 Å². The summed E-state index contributed by atoms with van der Waals surface area (Å²) in [4.78, 5) is 11.3. The first-order valence-corrected chi connectivity index (χ1v) is 4.77. The number of furan rings is 1. The molecule has 0 unspecified atom stereocenters. The molecule has 0 aliphatic carbocycles. The first-order valence-electron chi connectivity index (χ1n) is 3.98. The summed E-state index contributed by atoms with van der Waals surface area (Å²) in [5.74, 6) is -0.387. The molecule has 0 saturated carbocycles.